The molecule has 2 heterocycles. The minimum Gasteiger partial charge on any atom is -0.345 e. The number of piperazine rings is 1. The molecular formula is C22H25N3OS2. The summed E-state index contributed by atoms with van der Waals surface area (Å²) in [4.78, 5) is 23.1. The molecule has 0 saturated carbocycles. The van der Waals surface area contributed by atoms with Gasteiger partial charge in [-0.2, -0.15) is 0 Å². The van der Waals surface area contributed by atoms with Crippen LogP contribution in [0.15, 0.2) is 41.3 Å². The van der Waals surface area contributed by atoms with Crippen molar-refractivity contribution in [3.8, 4) is 0 Å². The lowest BCUT2D eigenvalue weighted by Crippen LogP contribution is -2.48. The Morgan fingerprint density at radius 2 is 1.75 bits per heavy atom. The number of hydrogen-bond donors (Lipinski definition) is 0. The van der Waals surface area contributed by atoms with Crippen LogP contribution < -0.4 is 4.90 Å². The minimum absolute atomic E-state index is 0.128. The highest BCUT2D eigenvalue weighted by atomic mass is 32.2. The normalized spacial score (nSPS) is 14.7. The number of hydrogen-bond acceptors (Lipinski definition) is 5. The van der Waals surface area contributed by atoms with Gasteiger partial charge in [-0.15, -0.1) is 11.8 Å². The number of aryl methyl sites for hydroxylation is 2. The molecule has 146 valence electrons. The van der Waals surface area contributed by atoms with Crippen LogP contribution >= 0.6 is 23.1 Å². The van der Waals surface area contributed by atoms with Gasteiger partial charge in [0.2, 0.25) is 0 Å². The lowest BCUT2D eigenvalue weighted by atomic mass is 10.1. The summed E-state index contributed by atoms with van der Waals surface area (Å²) in [5, 5.41) is 1.06. The number of aromatic nitrogens is 1. The standard InChI is InChI=1S/C22H25N3OS2/c1-4-27-18-7-5-17(6-8-18)21(26)24-9-11-25(12-10-24)22-23-19-13-15(2)16(3)14-20(19)28-22/h5-8,13-14H,4,9-12H2,1-3H3. The Labute approximate surface area is 174 Å². The summed E-state index contributed by atoms with van der Waals surface area (Å²) < 4.78 is 1.24. The quantitative estimate of drug-likeness (QED) is 0.567. The maximum Gasteiger partial charge on any atom is 0.253 e. The molecular weight excluding hydrogens is 386 g/mol. The fraction of sp³-hybridized carbons (Fsp3) is 0.364. The van der Waals surface area contributed by atoms with Crippen molar-refractivity contribution in [3.63, 3.8) is 0 Å². The molecule has 4 rings (SSSR count). The van der Waals surface area contributed by atoms with Crippen molar-refractivity contribution in [2.45, 2.75) is 25.7 Å². The number of carbonyl (C=O) groups excluding carboxylic acids is 1. The summed E-state index contributed by atoms with van der Waals surface area (Å²) in [5.74, 6) is 1.17. The van der Waals surface area contributed by atoms with E-state index in [1.54, 1.807) is 23.1 Å². The van der Waals surface area contributed by atoms with Gasteiger partial charge < -0.3 is 9.80 Å². The van der Waals surface area contributed by atoms with Crippen LogP contribution in [-0.2, 0) is 0 Å². The van der Waals surface area contributed by atoms with Crippen molar-refractivity contribution in [1.82, 2.24) is 9.88 Å². The maximum atomic E-state index is 12.8. The summed E-state index contributed by atoms with van der Waals surface area (Å²) >= 11 is 3.54. The van der Waals surface area contributed by atoms with E-state index in [0.29, 0.717) is 0 Å². The number of thiazole rings is 1. The molecule has 0 spiro atoms. The second kappa shape index (κ2) is 8.13. The molecule has 3 aromatic rings. The molecule has 0 bridgehead atoms. The average Bonchev–Trinajstić information content (AvgIpc) is 3.11. The number of fused-ring (bicyclic) bond motifs is 1. The molecule has 0 atom stereocenters. The van der Waals surface area contributed by atoms with Crippen molar-refractivity contribution in [1.29, 1.82) is 0 Å². The van der Waals surface area contributed by atoms with Crippen molar-refractivity contribution in [2.75, 3.05) is 36.8 Å². The van der Waals surface area contributed by atoms with E-state index >= 15 is 0 Å². The Hall–Kier alpha value is -2.05. The van der Waals surface area contributed by atoms with Crippen LogP contribution in [0.2, 0.25) is 0 Å². The molecule has 0 aliphatic carbocycles. The molecule has 6 heteroatoms. The summed E-state index contributed by atoms with van der Waals surface area (Å²) in [6.07, 6.45) is 0. The maximum absolute atomic E-state index is 12.8. The molecule has 1 amide bonds. The molecule has 0 radical (unpaired) electrons. The molecule has 1 saturated heterocycles. The third-order valence-electron chi connectivity index (χ3n) is 5.24. The number of benzene rings is 2. The number of amides is 1. The van der Waals surface area contributed by atoms with Crippen LogP contribution in [-0.4, -0.2) is 47.7 Å². The van der Waals surface area contributed by atoms with Gasteiger partial charge in [0.1, 0.15) is 0 Å². The molecule has 4 nitrogen and oxygen atoms in total. The predicted octanol–water partition coefficient (Wildman–Crippen LogP) is 4.99. The van der Waals surface area contributed by atoms with Crippen LogP contribution in [0.1, 0.15) is 28.4 Å². The Kier molecular flexibility index (Phi) is 5.60. The summed E-state index contributed by atoms with van der Waals surface area (Å²) in [6.45, 7) is 9.53. The van der Waals surface area contributed by atoms with Gasteiger partial charge in [0.15, 0.2) is 5.13 Å². The van der Waals surface area contributed by atoms with Gasteiger partial charge in [-0.3, -0.25) is 4.79 Å². The summed E-state index contributed by atoms with van der Waals surface area (Å²) in [6, 6.07) is 12.4. The minimum atomic E-state index is 0.128. The Morgan fingerprint density at radius 3 is 2.43 bits per heavy atom. The molecule has 2 aromatic carbocycles. The zero-order chi connectivity index (χ0) is 19.7. The highest BCUT2D eigenvalue weighted by molar-refractivity contribution is 7.99. The van der Waals surface area contributed by atoms with Gasteiger partial charge >= 0.3 is 0 Å². The van der Waals surface area contributed by atoms with Gasteiger partial charge in [-0.05, 0) is 67.1 Å². The van der Waals surface area contributed by atoms with Crippen LogP contribution in [0, 0.1) is 13.8 Å². The lowest BCUT2D eigenvalue weighted by molar-refractivity contribution is 0.0746. The second-order valence-electron chi connectivity index (χ2n) is 7.14. The number of carbonyl (C=O) groups is 1. The number of nitrogens with zero attached hydrogens (tertiary/aromatic N) is 3. The van der Waals surface area contributed by atoms with E-state index in [0.717, 1.165) is 48.1 Å². The first-order valence-corrected chi connectivity index (χ1v) is 11.5. The van der Waals surface area contributed by atoms with Crippen molar-refractivity contribution in [3.05, 3.63) is 53.1 Å². The SMILES string of the molecule is CCSc1ccc(C(=O)N2CCN(c3nc4cc(C)c(C)cc4s3)CC2)cc1. The molecule has 0 unspecified atom stereocenters. The van der Waals surface area contributed by atoms with E-state index in [-0.39, 0.29) is 5.91 Å². The van der Waals surface area contributed by atoms with E-state index in [1.807, 2.05) is 29.2 Å². The molecule has 1 aliphatic rings. The van der Waals surface area contributed by atoms with Gasteiger partial charge in [-0.1, -0.05) is 18.3 Å². The third-order valence-corrected chi connectivity index (χ3v) is 7.22. The first-order chi connectivity index (χ1) is 13.5. The van der Waals surface area contributed by atoms with Crippen LogP contribution in [0.5, 0.6) is 0 Å². The van der Waals surface area contributed by atoms with Crippen molar-refractivity contribution >= 4 is 44.4 Å². The predicted molar refractivity (Wildman–Crippen MR) is 120 cm³/mol. The molecule has 28 heavy (non-hydrogen) atoms. The number of rotatable bonds is 4. The zero-order valence-electron chi connectivity index (χ0n) is 16.6. The molecule has 0 N–H and O–H groups in total. The van der Waals surface area contributed by atoms with E-state index in [4.69, 9.17) is 4.98 Å². The van der Waals surface area contributed by atoms with E-state index < -0.39 is 0 Å². The largest absolute Gasteiger partial charge is 0.345 e. The third kappa shape index (κ3) is 3.89. The zero-order valence-corrected chi connectivity index (χ0v) is 18.2. The lowest BCUT2D eigenvalue weighted by Gasteiger charge is -2.34. The van der Waals surface area contributed by atoms with Crippen molar-refractivity contribution in [2.24, 2.45) is 0 Å². The van der Waals surface area contributed by atoms with Gasteiger partial charge in [-0.25, -0.2) is 4.98 Å². The van der Waals surface area contributed by atoms with Crippen LogP contribution in [0.25, 0.3) is 10.2 Å². The van der Waals surface area contributed by atoms with Gasteiger partial charge in [0.25, 0.3) is 5.91 Å². The fourth-order valence-corrected chi connectivity index (χ4v) is 5.21. The molecule has 1 aliphatic heterocycles. The molecule has 1 fully saturated rings. The topological polar surface area (TPSA) is 36.4 Å². The summed E-state index contributed by atoms with van der Waals surface area (Å²) in [7, 11) is 0. The highest BCUT2D eigenvalue weighted by Gasteiger charge is 2.24. The van der Waals surface area contributed by atoms with Gasteiger partial charge in [0.05, 0.1) is 10.2 Å². The van der Waals surface area contributed by atoms with E-state index in [1.165, 1.54) is 20.7 Å². The smallest absolute Gasteiger partial charge is 0.253 e. The number of thioether (sulfide) groups is 1. The Bertz CT molecular complexity index is 950. The number of anilines is 1. The second-order valence-corrected chi connectivity index (χ2v) is 9.48. The first kappa shape index (κ1) is 19.3. The van der Waals surface area contributed by atoms with Crippen LogP contribution in [0.3, 0.4) is 0 Å². The first-order valence-electron chi connectivity index (χ1n) is 9.70. The summed E-state index contributed by atoms with van der Waals surface area (Å²) in [5.41, 5.74) is 4.44. The van der Waals surface area contributed by atoms with E-state index in [9.17, 15) is 4.79 Å². The fourth-order valence-electron chi connectivity index (χ4n) is 3.45. The monoisotopic (exact) mass is 411 g/mol. The Morgan fingerprint density at radius 1 is 1.07 bits per heavy atom. The molecule has 1 aromatic heterocycles. The Balaban J connectivity index is 1.42. The van der Waals surface area contributed by atoms with Crippen LogP contribution in [0.4, 0.5) is 5.13 Å². The van der Waals surface area contributed by atoms with E-state index in [2.05, 4.69) is 37.8 Å². The van der Waals surface area contributed by atoms with Gasteiger partial charge in [0, 0.05) is 36.6 Å². The highest BCUT2D eigenvalue weighted by Crippen LogP contribution is 2.31. The average molecular weight is 412 g/mol. The van der Waals surface area contributed by atoms with Crippen molar-refractivity contribution < 1.29 is 4.79 Å².